The van der Waals surface area contributed by atoms with Gasteiger partial charge in [-0.2, -0.15) is 5.10 Å². The maximum absolute atomic E-state index is 14.2. The second-order valence-electron chi connectivity index (χ2n) is 4.38. The van der Waals surface area contributed by atoms with E-state index >= 15 is 0 Å². The van der Waals surface area contributed by atoms with Crippen LogP contribution in [0.3, 0.4) is 0 Å². The van der Waals surface area contributed by atoms with Crippen molar-refractivity contribution in [2.45, 2.75) is 13.0 Å². The minimum atomic E-state index is -0.319. The molecule has 0 bridgehead atoms. The lowest BCUT2D eigenvalue weighted by atomic mass is 10.0. The molecule has 6 heteroatoms. The van der Waals surface area contributed by atoms with Crippen LogP contribution in [0, 0.1) is 5.82 Å². The molecule has 0 aliphatic rings. The third-order valence-electron chi connectivity index (χ3n) is 3.12. The van der Waals surface area contributed by atoms with E-state index in [0.29, 0.717) is 17.9 Å². The molecule has 1 N–H and O–H groups in total. The van der Waals surface area contributed by atoms with Gasteiger partial charge in [0.2, 0.25) is 0 Å². The van der Waals surface area contributed by atoms with Gasteiger partial charge in [-0.15, -0.1) is 0 Å². The van der Waals surface area contributed by atoms with Gasteiger partial charge < -0.3 is 10.1 Å². The summed E-state index contributed by atoms with van der Waals surface area (Å²) in [4.78, 5) is 0. The second-order valence-corrected chi connectivity index (χ2v) is 5.29. The number of hydrogen-bond donors (Lipinski definition) is 1. The lowest BCUT2D eigenvalue weighted by Crippen LogP contribution is -2.25. The highest BCUT2D eigenvalue weighted by molar-refractivity contribution is 9.10. The van der Waals surface area contributed by atoms with Crippen LogP contribution < -0.4 is 10.1 Å². The van der Waals surface area contributed by atoms with Gasteiger partial charge >= 0.3 is 0 Å². The fourth-order valence-corrected chi connectivity index (χ4v) is 2.59. The molecule has 0 fully saturated rings. The van der Waals surface area contributed by atoms with Crippen LogP contribution in [0.15, 0.2) is 28.9 Å². The van der Waals surface area contributed by atoms with Crippen molar-refractivity contribution in [1.29, 1.82) is 0 Å². The Morgan fingerprint density at radius 2 is 2.25 bits per heavy atom. The van der Waals surface area contributed by atoms with Gasteiger partial charge in [0.05, 0.1) is 19.3 Å². The van der Waals surface area contributed by atoms with Crippen molar-refractivity contribution in [2.24, 2.45) is 7.05 Å². The van der Waals surface area contributed by atoms with Crippen LogP contribution in [0.4, 0.5) is 4.39 Å². The first-order valence-electron chi connectivity index (χ1n) is 6.32. The van der Waals surface area contributed by atoms with E-state index in [9.17, 15) is 4.39 Å². The summed E-state index contributed by atoms with van der Waals surface area (Å²) in [5.74, 6) is 0.375. The molecule has 2 aromatic rings. The minimum absolute atomic E-state index is 0.262. The van der Waals surface area contributed by atoms with Crippen molar-refractivity contribution >= 4 is 15.9 Å². The zero-order chi connectivity index (χ0) is 14.7. The van der Waals surface area contributed by atoms with Gasteiger partial charge in [0.25, 0.3) is 0 Å². The number of nitrogens with zero attached hydrogens (tertiary/aromatic N) is 2. The van der Waals surface area contributed by atoms with E-state index in [0.717, 1.165) is 10.2 Å². The van der Waals surface area contributed by atoms with Gasteiger partial charge in [0.15, 0.2) is 5.75 Å². The number of methoxy groups -OCH3 is 1. The second kappa shape index (κ2) is 6.37. The summed E-state index contributed by atoms with van der Waals surface area (Å²) in [7, 11) is 3.40. The van der Waals surface area contributed by atoms with E-state index in [2.05, 4.69) is 26.3 Å². The smallest absolute Gasteiger partial charge is 0.161 e. The molecule has 0 saturated heterocycles. The lowest BCUT2D eigenvalue weighted by molar-refractivity contribution is 0.400. The molecule has 108 valence electrons. The third-order valence-corrected chi connectivity index (χ3v) is 3.61. The van der Waals surface area contributed by atoms with Crippen molar-refractivity contribution in [3.63, 3.8) is 0 Å². The summed E-state index contributed by atoms with van der Waals surface area (Å²) in [6.07, 6.45) is 1.63. The molecule has 2 rings (SSSR count). The van der Waals surface area contributed by atoms with Crippen molar-refractivity contribution < 1.29 is 9.13 Å². The number of hydrogen-bond acceptors (Lipinski definition) is 3. The van der Waals surface area contributed by atoms with Gasteiger partial charge in [-0.3, -0.25) is 4.68 Å². The Morgan fingerprint density at radius 3 is 2.90 bits per heavy atom. The van der Waals surface area contributed by atoms with E-state index in [1.165, 1.54) is 6.07 Å². The fourth-order valence-electron chi connectivity index (χ4n) is 2.21. The highest BCUT2D eigenvalue weighted by atomic mass is 79.9. The Bertz CT molecular complexity index is 600. The molecule has 0 radical (unpaired) electrons. The lowest BCUT2D eigenvalue weighted by Gasteiger charge is -2.20. The van der Waals surface area contributed by atoms with Crippen LogP contribution in [0.25, 0.3) is 0 Å². The Balaban J connectivity index is 2.56. The summed E-state index contributed by atoms with van der Waals surface area (Å²) in [5, 5.41) is 7.47. The van der Waals surface area contributed by atoms with Crippen LogP contribution in [0.1, 0.15) is 24.2 Å². The molecule has 0 spiro atoms. The number of nitrogens with one attached hydrogen (secondary N) is 1. The first-order chi connectivity index (χ1) is 9.58. The molecule has 4 nitrogen and oxygen atoms in total. The summed E-state index contributed by atoms with van der Waals surface area (Å²) in [5.41, 5.74) is 1.36. The summed E-state index contributed by atoms with van der Waals surface area (Å²) >= 11 is 3.39. The molecule has 1 atom stereocenters. The number of benzene rings is 1. The number of halogens is 2. The van der Waals surface area contributed by atoms with Crippen LogP contribution >= 0.6 is 15.9 Å². The van der Waals surface area contributed by atoms with Crippen molar-refractivity contribution in [2.75, 3.05) is 13.7 Å². The van der Waals surface area contributed by atoms with E-state index in [1.54, 1.807) is 30.1 Å². The Labute approximate surface area is 126 Å². The Kier molecular flexibility index (Phi) is 4.77. The molecule has 0 aliphatic heterocycles. The maximum Gasteiger partial charge on any atom is 0.161 e. The summed E-state index contributed by atoms with van der Waals surface area (Å²) in [6.45, 7) is 2.68. The van der Waals surface area contributed by atoms with E-state index in [-0.39, 0.29) is 11.9 Å². The molecule has 0 saturated carbocycles. The minimum Gasteiger partial charge on any atom is -0.493 e. The third kappa shape index (κ3) is 2.86. The Hall–Kier alpha value is -1.40. The molecule has 1 aromatic heterocycles. The van der Waals surface area contributed by atoms with Crippen LogP contribution in [-0.2, 0) is 7.05 Å². The summed E-state index contributed by atoms with van der Waals surface area (Å²) < 4.78 is 22.0. The summed E-state index contributed by atoms with van der Waals surface area (Å²) in [6, 6.07) is 4.59. The van der Waals surface area contributed by atoms with Gasteiger partial charge in [0, 0.05) is 17.1 Å². The maximum atomic E-state index is 14.2. The largest absolute Gasteiger partial charge is 0.493 e. The van der Waals surface area contributed by atoms with Crippen LogP contribution in [0.2, 0.25) is 0 Å². The van der Waals surface area contributed by atoms with Crippen molar-refractivity contribution in [3.8, 4) is 5.75 Å². The first kappa shape index (κ1) is 15.0. The molecular weight excluding hydrogens is 325 g/mol. The molecule has 0 amide bonds. The Morgan fingerprint density at radius 1 is 1.50 bits per heavy atom. The van der Waals surface area contributed by atoms with Gasteiger partial charge in [-0.25, -0.2) is 4.39 Å². The van der Waals surface area contributed by atoms with Gasteiger partial charge in [-0.05, 0) is 24.7 Å². The number of aromatic nitrogens is 2. The zero-order valence-corrected chi connectivity index (χ0v) is 13.2. The molecule has 1 unspecified atom stereocenters. The molecular formula is C14H17BrFN3O. The first-order valence-corrected chi connectivity index (χ1v) is 7.12. The quantitative estimate of drug-likeness (QED) is 0.908. The van der Waals surface area contributed by atoms with Crippen LogP contribution in [-0.4, -0.2) is 23.4 Å². The van der Waals surface area contributed by atoms with Crippen LogP contribution in [0.5, 0.6) is 5.75 Å². The normalized spacial score (nSPS) is 12.4. The van der Waals surface area contributed by atoms with Crippen molar-refractivity contribution in [1.82, 2.24) is 15.1 Å². The fraction of sp³-hybridized carbons (Fsp3) is 0.357. The highest BCUT2D eigenvalue weighted by Gasteiger charge is 2.24. The molecule has 0 aliphatic carbocycles. The number of ether oxygens (including phenoxy) is 1. The molecule has 1 heterocycles. The highest BCUT2D eigenvalue weighted by Crippen LogP contribution is 2.32. The van der Waals surface area contributed by atoms with Crippen molar-refractivity contribution in [3.05, 3.63) is 45.9 Å². The number of aryl methyl sites for hydroxylation is 1. The van der Waals surface area contributed by atoms with Gasteiger partial charge in [-0.1, -0.05) is 22.9 Å². The number of rotatable bonds is 5. The molecule has 1 aromatic carbocycles. The van der Waals surface area contributed by atoms with Gasteiger partial charge in [0.1, 0.15) is 11.5 Å². The molecule has 20 heavy (non-hydrogen) atoms. The average molecular weight is 342 g/mol. The van der Waals surface area contributed by atoms with E-state index in [4.69, 9.17) is 4.74 Å². The average Bonchev–Trinajstić information content (AvgIpc) is 2.80. The van der Waals surface area contributed by atoms with E-state index in [1.807, 2.05) is 14.0 Å². The topological polar surface area (TPSA) is 39.1 Å². The standard InChI is InChI=1S/C14H17BrFN3O/c1-4-17-13(10-7-9(15)5-6-11(10)16)14-12(20-3)8-18-19(14)2/h5-8,13,17H,4H2,1-3H3. The predicted octanol–water partition coefficient (Wildman–Crippen LogP) is 3.03. The van der Waals surface area contributed by atoms with E-state index < -0.39 is 0 Å². The monoisotopic (exact) mass is 341 g/mol. The SMILES string of the molecule is CCNC(c1cc(Br)ccc1F)c1c(OC)cnn1C. The predicted molar refractivity (Wildman–Crippen MR) is 79.4 cm³/mol. The zero-order valence-electron chi connectivity index (χ0n) is 11.7.